The predicted octanol–water partition coefficient (Wildman–Crippen LogP) is 2.55. The van der Waals surface area contributed by atoms with E-state index >= 15 is 0 Å². The molecule has 1 N–H and O–H groups in total. The van der Waals surface area contributed by atoms with Crippen molar-refractivity contribution >= 4 is 27.4 Å². The monoisotopic (exact) mass is 297 g/mol. The summed E-state index contributed by atoms with van der Waals surface area (Å²) in [6.45, 7) is 3.57. The Bertz CT molecular complexity index is 717. The molecule has 0 aliphatic rings. The molecule has 100 valence electrons. The topological polar surface area (TPSA) is 72.0 Å². The van der Waals surface area contributed by atoms with E-state index in [1.165, 1.54) is 12.3 Å². The van der Waals surface area contributed by atoms with Gasteiger partial charge in [0.25, 0.3) is 10.0 Å². The van der Waals surface area contributed by atoms with Crippen molar-refractivity contribution in [3.63, 3.8) is 0 Å². The van der Waals surface area contributed by atoms with Gasteiger partial charge in [0.05, 0.1) is 4.90 Å². The highest BCUT2D eigenvalue weighted by Crippen LogP contribution is 2.19. The molecule has 19 heavy (non-hydrogen) atoms. The van der Waals surface area contributed by atoms with Crippen molar-refractivity contribution in [3.05, 3.63) is 46.9 Å². The maximum atomic E-state index is 12.3. The summed E-state index contributed by atoms with van der Waals surface area (Å²) in [5.41, 5.74) is 1.53. The Morgan fingerprint density at radius 2 is 1.95 bits per heavy atom. The van der Waals surface area contributed by atoms with E-state index in [2.05, 4.69) is 14.7 Å². The Morgan fingerprint density at radius 3 is 2.63 bits per heavy atom. The molecule has 0 saturated heterocycles. The van der Waals surface area contributed by atoms with E-state index in [1.54, 1.807) is 19.1 Å². The molecule has 0 amide bonds. The molecule has 2 aromatic rings. The van der Waals surface area contributed by atoms with Crippen molar-refractivity contribution in [2.75, 3.05) is 4.72 Å². The summed E-state index contributed by atoms with van der Waals surface area (Å²) in [6.07, 6.45) is 1.39. The molecule has 0 aliphatic heterocycles. The lowest BCUT2D eigenvalue weighted by Crippen LogP contribution is -2.15. The number of nitrogens with zero attached hydrogens (tertiary/aromatic N) is 2. The second kappa shape index (κ2) is 5.14. The Labute approximate surface area is 116 Å². The molecule has 1 aromatic heterocycles. The number of nitrogens with one attached hydrogen (secondary N) is 1. The molecule has 7 heteroatoms. The zero-order valence-electron chi connectivity index (χ0n) is 10.4. The maximum Gasteiger partial charge on any atom is 0.263 e. The smallest absolute Gasteiger partial charge is 0.263 e. The first kappa shape index (κ1) is 13.8. The van der Waals surface area contributed by atoms with Gasteiger partial charge in [-0.1, -0.05) is 12.1 Å². The van der Waals surface area contributed by atoms with Crippen molar-refractivity contribution in [2.45, 2.75) is 18.7 Å². The molecule has 2 rings (SSSR count). The van der Waals surface area contributed by atoms with E-state index in [0.29, 0.717) is 5.56 Å². The third-order valence-electron chi connectivity index (χ3n) is 2.50. The minimum absolute atomic E-state index is 0.0128. The summed E-state index contributed by atoms with van der Waals surface area (Å²) in [4.78, 5) is 7.72. The summed E-state index contributed by atoms with van der Waals surface area (Å²) in [5.74, 6) is 0.140. The van der Waals surface area contributed by atoms with Gasteiger partial charge in [-0.2, -0.15) is 4.98 Å². The van der Waals surface area contributed by atoms with Crippen LogP contribution in [0.5, 0.6) is 0 Å². The zero-order chi connectivity index (χ0) is 14.0. The van der Waals surface area contributed by atoms with Crippen LogP contribution in [0.25, 0.3) is 0 Å². The fourth-order valence-electron chi connectivity index (χ4n) is 1.58. The molecule has 0 saturated carbocycles. The van der Waals surface area contributed by atoms with Gasteiger partial charge in [0.1, 0.15) is 5.82 Å². The molecule has 1 aromatic carbocycles. The van der Waals surface area contributed by atoms with Crippen molar-refractivity contribution in [1.82, 2.24) is 9.97 Å². The van der Waals surface area contributed by atoms with Crippen LogP contribution in [0, 0.1) is 13.8 Å². The highest BCUT2D eigenvalue weighted by atomic mass is 35.5. The number of aryl methyl sites for hydroxylation is 2. The lowest BCUT2D eigenvalue weighted by Gasteiger charge is -2.10. The van der Waals surface area contributed by atoms with Crippen LogP contribution in [0.15, 0.2) is 35.4 Å². The van der Waals surface area contributed by atoms with Crippen LogP contribution in [0.2, 0.25) is 5.28 Å². The summed E-state index contributed by atoms with van der Waals surface area (Å²) in [5, 5.41) is -0.0128. The molecular weight excluding hydrogens is 286 g/mol. The van der Waals surface area contributed by atoms with E-state index in [0.717, 1.165) is 5.56 Å². The zero-order valence-corrected chi connectivity index (χ0v) is 12.0. The molecule has 0 spiro atoms. The van der Waals surface area contributed by atoms with Crippen molar-refractivity contribution < 1.29 is 8.42 Å². The second-order valence-corrected chi connectivity index (χ2v) is 6.07. The van der Waals surface area contributed by atoms with Crippen molar-refractivity contribution in [1.29, 1.82) is 0 Å². The van der Waals surface area contributed by atoms with Gasteiger partial charge in [0.15, 0.2) is 0 Å². The SMILES string of the molecule is Cc1ccc(C)c(S(=O)(=O)Nc2ccnc(Cl)n2)c1. The molecule has 0 fully saturated rings. The number of hydrogen-bond acceptors (Lipinski definition) is 4. The number of halogens is 1. The first-order valence-electron chi connectivity index (χ1n) is 5.47. The third kappa shape index (κ3) is 3.21. The second-order valence-electron chi connectivity index (χ2n) is 4.09. The van der Waals surface area contributed by atoms with Gasteiger partial charge in [-0.05, 0) is 48.7 Å². The molecule has 0 atom stereocenters. The fourth-order valence-corrected chi connectivity index (χ4v) is 3.06. The van der Waals surface area contributed by atoms with Crippen LogP contribution in [0.1, 0.15) is 11.1 Å². The van der Waals surface area contributed by atoms with Gasteiger partial charge >= 0.3 is 0 Å². The Balaban J connectivity index is 2.40. The summed E-state index contributed by atoms with van der Waals surface area (Å²) in [6, 6.07) is 6.67. The molecular formula is C12H12ClN3O2S. The average Bonchev–Trinajstić information content (AvgIpc) is 2.31. The normalized spacial score (nSPS) is 11.3. The Hall–Kier alpha value is -1.66. The van der Waals surface area contributed by atoms with E-state index in [1.807, 2.05) is 13.0 Å². The Kier molecular flexibility index (Phi) is 3.73. The van der Waals surface area contributed by atoms with Gasteiger partial charge < -0.3 is 0 Å². The summed E-state index contributed by atoms with van der Waals surface area (Å²) < 4.78 is 26.9. The van der Waals surface area contributed by atoms with Crippen molar-refractivity contribution in [2.24, 2.45) is 0 Å². The van der Waals surface area contributed by atoms with Crippen LogP contribution < -0.4 is 4.72 Å². The molecule has 0 aliphatic carbocycles. The largest absolute Gasteiger partial charge is 0.263 e. The minimum Gasteiger partial charge on any atom is -0.263 e. The third-order valence-corrected chi connectivity index (χ3v) is 4.18. The van der Waals surface area contributed by atoms with Crippen LogP contribution in [0.3, 0.4) is 0 Å². The number of hydrogen-bond donors (Lipinski definition) is 1. The van der Waals surface area contributed by atoms with Crippen molar-refractivity contribution in [3.8, 4) is 0 Å². The predicted molar refractivity (Wildman–Crippen MR) is 73.8 cm³/mol. The fraction of sp³-hybridized carbons (Fsp3) is 0.167. The van der Waals surface area contributed by atoms with Crippen LogP contribution in [0.4, 0.5) is 5.82 Å². The van der Waals surface area contributed by atoms with Gasteiger partial charge in [-0.3, -0.25) is 4.72 Å². The number of benzene rings is 1. The Morgan fingerprint density at radius 1 is 1.21 bits per heavy atom. The van der Waals surface area contributed by atoms with E-state index in [-0.39, 0.29) is 16.0 Å². The lowest BCUT2D eigenvalue weighted by molar-refractivity contribution is 0.600. The lowest BCUT2D eigenvalue weighted by atomic mass is 10.2. The molecule has 0 unspecified atom stereocenters. The van der Waals surface area contributed by atoms with Crippen LogP contribution in [-0.2, 0) is 10.0 Å². The first-order chi connectivity index (χ1) is 8.88. The highest BCUT2D eigenvalue weighted by Gasteiger charge is 2.17. The number of aromatic nitrogens is 2. The molecule has 0 radical (unpaired) electrons. The maximum absolute atomic E-state index is 12.3. The molecule has 0 bridgehead atoms. The minimum atomic E-state index is -3.68. The van der Waals surface area contributed by atoms with Gasteiger partial charge in [-0.15, -0.1) is 0 Å². The number of rotatable bonds is 3. The number of anilines is 1. The van der Waals surface area contributed by atoms with Crippen LogP contribution in [-0.4, -0.2) is 18.4 Å². The molecule has 1 heterocycles. The standard InChI is InChI=1S/C12H12ClN3O2S/c1-8-3-4-9(2)10(7-8)19(17,18)16-11-5-6-14-12(13)15-11/h3-7H,1-2H3,(H,14,15,16). The summed E-state index contributed by atoms with van der Waals surface area (Å²) in [7, 11) is -3.68. The number of sulfonamides is 1. The molecule has 5 nitrogen and oxygen atoms in total. The van der Waals surface area contributed by atoms with Gasteiger partial charge in [-0.25, -0.2) is 13.4 Å². The van der Waals surface area contributed by atoms with E-state index in [9.17, 15) is 8.42 Å². The first-order valence-corrected chi connectivity index (χ1v) is 7.33. The van der Waals surface area contributed by atoms with Crippen LogP contribution >= 0.6 is 11.6 Å². The quantitative estimate of drug-likeness (QED) is 0.884. The van der Waals surface area contributed by atoms with E-state index < -0.39 is 10.0 Å². The van der Waals surface area contributed by atoms with Gasteiger partial charge in [0.2, 0.25) is 5.28 Å². The average molecular weight is 298 g/mol. The van der Waals surface area contributed by atoms with Gasteiger partial charge in [0, 0.05) is 6.20 Å². The van der Waals surface area contributed by atoms with E-state index in [4.69, 9.17) is 11.6 Å². The highest BCUT2D eigenvalue weighted by molar-refractivity contribution is 7.92. The summed E-state index contributed by atoms with van der Waals surface area (Å²) >= 11 is 5.62.